The molecule has 0 bridgehead atoms. The Morgan fingerprint density at radius 2 is 2.25 bits per heavy atom. The SMILES string of the molecule is C=C(CNCCC)CSc1nnc(C)n1C. The zero-order valence-electron chi connectivity index (χ0n) is 10.3. The zero-order chi connectivity index (χ0) is 12.0. The molecule has 0 saturated carbocycles. The van der Waals surface area contributed by atoms with Crippen LogP contribution in [0.3, 0.4) is 0 Å². The highest BCUT2D eigenvalue weighted by atomic mass is 32.2. The van der Waals surface area contributed by atoms with Gasteiger partial charge < -0.3 is 9.88 Å². The summed E-state index contributed by atoms with van der Waals surface area (Å²) in [5.74, 6) is 1.83. The maximum atomic E-state index is 4.10. The molecule has 0 amide bonds. The smallest absolute Gasteiger partial charge is 0.191 e. The molecule has 5 heteroatoms. The number of nitrogens with one attached hydrogen (secondary N) is 1. The Morgan fingerprint density at radius 1 is 1.50 bits per heavy atom. The van der Waals surface area contributed by atoms with E-state index in [4.69, 9.17) is 0 Å². The number of nitrogens with zero attached hydrogens (tertiary/aromatic N) is 3. The first kappa shape index (κ1) is 13.3. The highest BCUT2D eigenvalue weighted by Gasteiger charge is 2.05. The molecule has 90 valence electrons. The predicted molar refractivity (Wildman–Crippen MR) is 68.8 cm³/mol. The van der Waals surface area contributed by atoms with Gasteiger partial charge in [0.25, 0.3) is 0 Å². The fourth-order valence-electron chi connectivity index (χ4n) is 1.17. The Bertz CT molecular complexity index is 346. The third kappa shape index (κ3) is 3.98. The van der Waals surface area contributed by atoms with Crippen LogP contribution in [0.5, 0.6) is 0 Å². The topological polar surface area (TPSA) is 42.7 Å². The standard InChI is InChI=1S/C11H20N4S/c1-5-6-12-7-9(2)8-16-11-14-13-10(3)15(11)4/h12H,2,5-8H2,1,3-4H3. The van der Waals surface area contributed by atoms with E-state index in [1.807, 2.05) is 18.5 Å². The lowest BCUT2D eigenvalue weighted by atomic mass is 10.3. The third-order valence-electron chi connectivity index (χ3n) is 2.26. The van der Waals surface area contributed by atoms with Crippen molar-refractivity contribution in [2.45, 2.75) is 25.4 Å². The summed E-state index contributed by atoms with van der Waals surface area (Å²) in [4.78, 5) is 0. The molecule has 1 rings (SSSR count). The molecule has 1 N–H and O–H groups in total. The van der Waals surface area contributed by atoms with Crippen LogP contribution in [0.25, 0.3) is 0 Å². The van der Waals surface area contributed by atoms with E-state index in [2.05, 4.69) is 29.0 Å². The molecular formula is C11H20N4S. The van der Waals surface area contributed by atoms with Gasteiger partial charge in [0.2, 0.25) is 0 Å². The van der Waals surface area contributed by atoms with E-state index in [1.54, 1.807) is 11.8 Å². The molecule has 0 aliphatic heterocycles. The second-order valence-electron chi connectivity index (χ2n) is 3.80. The number of rotatable bonds is 7. The molecular weight excluding hydrogens is 220 g/mol. The van der Waals surface area contributed by atoms with Crippen molar-refractivity contribution in [3.63, 3.8) is 0 Å². The van der Waals surface area contributed by atoms with Gasteiger partial charge in [-0.1, -0.05) is 30.8 Å². The normalized spacial score (nSPS) is 10.7. The summed E-state index contributed by atoms with van der Waals surface area (Å²) in [6.45, 7) is 10.1. The molecule has 16 heavy (non-hydrogen) atoms. The van der Waals surface area contributed by atoms with Crippen molar-refractivity contribution in [1.29, 1.82) is 0 Å². The van der Waals surface area contributed by atoms with Gasteiger partial charge in [0.05, 0.1) is 0 Å². The fourth-order valence-corrected chi connectivity index (χ4v) is 2.03. The fraction of sp³-hybridized carbons (Fsp3) is 0.636. The highest BCUT2D eigenvalue weighted by Crippen LogP contribution is 2.17. The number of hydrogen-bond acceptors (Lipinski definition) is 4. The first-order valence-electron chi connectivity index (χ1n) is 5.51. The second-order valence-corrected chi connectivity index (χ2v) is 4.75. The molecule has 1 aromatic rings. The van der Waals surface area contributed by atoms with Gasteiger partial charge in [0, 0.05) is 19.3 Å². The quantitative estimate of drug-likeness (QED) is 0.448. The maximum absolute atomic E-state index is 4.10. The minimum atomic E-state index is 0.887. The molecule has 1 aromatic heterocycles. The molecule has 0 atom stereocenters. The third-order valence-corrected chi connectivity index (χ3v) is 3.43. The summed E-state index contributed by atoms with van der Waals surface area (Å²) in [5.41, 5.74) is 1.19. The minimum Gasteiger partial charge on any atom is -0.313 e. The van der Waals surface area contributed by atoms with E-state index in [0.717, 1.165) is 36.2 Å². The van der Waals surface area contributed by atoms with Crippen LogP contribution < -0.4 is 5.32 Å². The van der Waals surface area contributed by atoms with Gasteiger partial charge in [-0.15, -0.1) is 10.2 Å². The monoisotopic (exact) mass is 240 g/mol. The Morgan fingerprint density at radius 3 is 2.81 bits per heavy atom. The molecule has 0 saturated heterocycles. The van der Waals surface area contributed by atoms with Gasteiger partial charge in [0.1, 0.15) is 5.82 Å². The van der Waals surface area contributed by atoms with E-state index < -0.39 is 0 Å². The van der Waals surface area contributed by atoms with E-state index in [1.165, 1.54) is 5.57 Å². The Hall–Kier alpha value is -0.810. The van der Waals surface area contributed by atoms with E-state index in [-0.39, 0.29) is 0 Å². The largest absolute Gasteiger partial charge is 0.313 e. The molecule has 0 aliphatic carbocycles. The lowest BCUT2D eigenvalue weighted by Crippen LogP contribution is -2.18. The predicted octanol–water partition coefficient (Wildman–Crippen LogP) is 1.77. The zero-order valence-corrected chi connectivity index (χ0v) is 11.1. The maximum Gasteiger partial charge on any atom is 0.191 e. The van der Waals surface area contributed by atoms with Crippen LogP contribution in [0.1, 0.15) is 19.2 Å². The number of aryl methyl sites for hydroxylation is 1. The molecule has 4 nitrogen and oxygen atoms in total. The van der Waals surface area contributed by atoms with Gasteiger partial charge in [-0.2, -0.15) is 0 Å². The van der Waals surface area contributed by atoms with Crippen LogP contribution in [-0.4, -0.2) is 33.6 Å². The van der Waals surface area contributed by atoms with E-state index >= 15 is 0 Å². The van der Waals surface area contributed by atoms with Gasteiger partial charge in [0.15, 0.2) is 5.16 Å². The average Bonchev–Trinajstić information content (AvgIpc) is 2.58. The first-order chi connectivity index (χ1) is 7.65. The van der Waals surface area contributed by atoms with Crippen LogP contribution in [-0.2, 0) is 7.05 Å². The van der Waals surface area contributed by atoms with Crippen molar-refractivity contribution in [1.82, 2.24) is 20.1 Å². The van der Waals surface area contributed by atoms with E-state index in [0.29, 0.717) is 0 Å². The van der Waals surface area contributed by atoms with Crippen molar-refractivity contribution in [3.8, 4) is 0 Å². The van der Waals surface area contributed by atoms with Gasteiger partial charge in [-0.05, 0) is 19.9 Å². The summed E-state index contributed by atoms with van der Waals surface area (Å²) in [6.07, 6.45) is 1.16. The molecule has 0 radical (unpaired) electrons. The summed E-state index contributed by atoms with van der Waals surface area (Å²) in [7, 11) is 1.98. The molecule has 0 unspecified atom stereocenters. The van der Waals surface area contributed by atoms with Crippen molar-refractivity contribution in [3.05, 3.63) is 18.0 Å². The van der Waals surface area contributed by atoms with Gasteiger partial charge in [-0.25, -0.2) is 0 Å². The Labute approximate surface area is 102 Å². The van der Waals surface area contributed by atoms with Crippen LogP contribution in [0, 0.1) is 6.92 Å². The molecule has 0 aromatic carbocycles. The van der Waals surface area contributed by atoms with Crippen LogP contribution >= 0.6 is 11.8 Å². The van der Waals surface area contributed by atoms with Crippen LogP contribution in [0.15, 0.2) is 17.3 Å². The summed E-state index contributed by atoms with van der Waals surface area (Å²) >= 11 is 1.68. The van der Waals surface area contributed by atoms with Crippen molar-refractivity contribution in [2.24, 2.45) is 7.05 Å². The molecule has 0 aliphatic rings. The van der Waals surface area contributed by atoms with E-state index in [9.17, 15) is 0 Å². The van der Waals surface area contributed by atoms with Gasteiger partial charge in [-0.3, -0.25) is 0 Å². The minimum absolute atomic E-state index is 0.887. The Kier molecular flexibility index (Phi) is 5.55. The van der Waals surface area contributed by atoms with Crippen molar-refractivity contribution < 1.29 is 0 Å². The average molecular weight is 240 g/mol. The Balaban J connectivity index is 2.29. The summed E-state index contributed by atoms with van der Waals surface area (Å²) in [5, 5.41) is 12.4. The number of hydrogen-bond donors (Lipinski definition) is 1. The highest BCUT2D eigenvalue weighted by molar-refractivity contribution is 7.99. The van der Waals surface area contributed by atoms with Crippen LogP contribution in [0.4, 0.5) is 0 Å². The number of aromatic nitrogens is 3. The first-order valence-corrected chi connectivity index (χ1v) is 6.49. The summed E-state index contributed by atoms with van der Waals surface area (Å²) < 4.78 is 2.00. The second kappa shape index (κ2) is 6.70. The molecule has 0 spiro atoms. The molecule has 0 fully saturated rings. The van der Waals surface area contributed by atoms with Crippen LogP contribution in [0.2, 0.25) is 0 Å². The number of thioether (sulfide) groups is 1. The van der Waals surface area contributed by atoms with Crippen molar-refractivity contribution >= 4 is 11.8 Å². The lowest BCUT2D eigenvalue weighted by Gasteiger charge is -2.06. The van der Waals surface area contributed by atoms with Gasteiger partial charge >= 0.3 is 0 Å². The lowest BCUT2D eigenvalue weighted by molar-refractivity contribution is 0.715. The molecule has 1 heterocycles. The van der Waals surface area contributed by atoms with Crippen molar-refractivity contribution in [2.75, 3.05) is 18.8 Å². The summed E-state index contributed by atoms with van der Waals surface area (Å²) in [6, 6.07) is 0.